The minimum atomic E-state index is -1.82. The van der Waals surface area contributed by atoms with E-state index >= 15 is 0 Å². The summed E-state index contributed by atoms with van der Waals surface area (Å²) in [6.45, 7) is 0.498. The number of carbonyl (C=O) groups is 3. The lowest BCUT2D eigenvalue weighted by atomic mass is 10.0. The van der Waals surface area contributed by atoms with Gasteiger partial charge in [0.05, 0.1) is 25.7 Å². The number of anilines is 1. The van der Waals surface area contributed by atoms with Crippen LogP contribution in [0.25, 0.3) is 0 Å². The molecule has 1 aliphatic heterocycles. The van der Waals surface area contributed by atoms with E-state index in [1.807, 2.05) is 59.3 Å². The van der Waals surface area contributed by atoms with Gasteiger partial charge >= 0.3 is 11.9 Å². The summed E-state index contributed by atoms with van der Waals surface area (Å²) >= 11 is 3.44. The first-order valence-electron chi connectivity index (χ1n) is 8.99. The van der Waals surface area contributed by atoms with E-state index in [9.17, 15) is 4.79 Å². The van der Waals surface area contributed by atoms with Crippen molar-refractivity contribution in [2.24, 2.45) is 0 Å². The quantitative estimate of drug-likeness (QED) is 0.544. The molecule has 1 atom stereocenters. The molecule has 0 fully saturated rings. The van der Waals surface area contributed by atoms with E-state index in [-0.39, 0.29) is 5.91 Å². The molecule has 31 heavy (non-hydrogen) atoms. The minimum Gasteiger partial charge on any atom is -0.497 e. The summed E-state index contributed by atoms with van der Waals surface area (Å²) in [5.41, 5.74) is 2.79. The van der Waals surface area contributed by atoms with Crippen LogP contribution < -0.4 is 9.64 Å². The number of hydrogen-bond acceptors (Lipinski definition) is 5. The molecule has 0 saturated carbocycles. The van der Waals surface area contributed by atoms with E-state index in [1.165, 1.54) is 0 Å². The molecule has 2 heterocycles. The fourth-order valence-electron chi connectivity index (χ4n) is 3.12. The van der Waals surface area contributed by atoms with Gasteiger partial charge in [0, 0.05) is 16.4 Å². The molecule has 10 heteroatoms. The van der Waals surface area contributed by atoms with Crippen LogP contribution in [0.1, 0.15) is 17.3 Å². The van der Waals surface area contributed by atoms with Gasteiger partial charge in [0.25, 0.3) is 5.91 Å². The predicted molar refractivity (Wildman–Crippen MR) is 114 cm³/mol. The largest absolute Gasteiger partial charge is 0.497 e. The molecule has 2 N–H and O–H groups in total. The smallest absolute Gasteiger partial charge is 0.414 e. The van der Waals surface area contributed by atoms with E-state index in [1.54, 1.807) is 18.3 Å². The molecule has 0 bridgehead atoms. The summed E-state index contributed by atoms with van der Waals surface area (Å²) in [5.74, 6) is -2.86. The van der Waals surface area contributed by atoms with Crippen molar-refractivity contribution in [2.45, 2.75) is 12.6 Å². The molecule has 1 amide bonds. The number of carbonyl (C=O) groups excluding carboxylic acids is 1. The molecule has 9 nitrogen and oxygen atoms in total. The monoisotopic (exact) mass is 487 g/mol. The van der Waals surface area contributed by atoms with Crippen molar-refractivity contribution in [3.05, 3.63) is 76.8 Å². The zero-order valence-corrected chi connectivity index (χ0v) is 17.9. The Balaban J connectivity index is 0.000000401. The van der Waals surface area contributed by atoms with E-state index in [0.29, 0.717) is 6.54 Å². The Bertz CT molecular complexity index is 1080. The highest BCUT2D eigenvalue weighted by molar-refractivity contribution is 9.10. The van der Waals surface area contributed by atoms with Crippen LogP contribution in [0.15, 0.2) is 65.5 Å². The van der Waals surface area contributed by atoms with E-state index in [0.717, 1.165) is 27.2 Å². The Morgan fingerprint density at radius 1 is 1.06 bits per heavy atom. The Kier molecular flexibility index (Phi) is 6.71. The molecular formula is C21H18BrN3O6. The number of aromatic nitrogens is 2. The maximum absolute atomic E-state index is 13.3. The van der Waals surface area contributed by atoms with Crippen LogP contribution in [0.5, 0.6) is 5.75 Å². The topological polar surface area (TPSA) is 122 Å². The number of ether oxygens (including phenoxy) is 1. The van der Waals surface area contributed by atoms with Crippen molar-refractivity contribution < 1.29 is 29.3 Å². The van der Waals surface area contributed by atoms with Crippen LogP contribution in [-0.4, -0.2) is 44.7 Å². The van der Waals surface area contributed by atoms with Crippen LogP contribution >= 0.6 is 15.9 Å². The van der Waals surface area contributed by atoms with Gasteiger partial charge in [-0.15, -0.1) is 0 Å². The number of carboxylic acid groups (broad SMARTS) is 2. The third-order valence-corrected chi connectivity index (χ3v) is 5.13. The van der Waals surface area contributed by atoms with Crippen molar-refractivity contribution in [2.75, 3.05) is 12.0 Å². The zero-order valence-electron chi connectivity index (χ0n) is 16.3. The Morgan fingerprint density at radius 3 is 2.23 bits per heavy atom. The number of amides is 1. The number of rotatable bonds is 3. The Hall–Kier alpha value is -3.66. The van der Waals surface area contributed by atoms with Crippen LogP contribution in [-0.2, 0) is 20.9 Å². The lowest BCUT2D eigenvalue weighted by Gasteiger charge is -2.34. The number of carboxylic acids is 2. The average Bonchev–Trinajstić information content (AvgIpc) is 3.23. The van der Waals surface area contributed by atoms with Gasteiger partial charge in [-0.05, 0) is 42.0 Å². The van der Waals surface area contributed by atoms with E-state index in [4.69, 9.17) is 24.5 Å². The van der Waals surface area contributed by atoms with Crippen molar-refractivity contribution in [1.29, 1.82) is 0 Å². The number of fused-ring (bicyclic) bond motifs is 1. The first-order chi connectivity index (χ1) is 14.8. The highest BCUT2D eigenvalue weighted by Crippen LogP contribution is 2.32. The standard InChI is InChI=1S/C19H16BrN3O2.C2H2O4/c1-25-17-8-6-15(7-9-17)22-11-16-10-21-12-23(16)18(19(22)24)13-2-4-14(20)5-3-13;3-1(4)2(5)6/h2-10,12,18H,11H2,1H3;(H,3,4)(H,5,6). The number of halogens is 1. The maximum atomic E-state index is 13.3. The normalized spacial score (nSPS) is 14.8. The van der Waals surface area contributed by atoms with Crippen molar-refractivity contribution >= 4 is 39.5 Å². The summed E-state index contributed by atoms with van der Waals surface area (Å²) < 4.78 is 8.14. The molecule has 2 aromatic carbocycles. The second kappa shape index (κ2) is 9.43. The van der Waals surface area contributed by atoms with Gasteiger partial charge in [0.15, 0.2) is 0 Å². The third kappa shape index (κ3) is 4.92. The fourth-order valence-corrected chi connectivity index (χ4v) is 3.39. The molecule has 1 aromatic heterocycles. The van der Waals surface area contributed by atoms with Crippen LogP contribution in [0.4, 0.5) is 5.69 Å². The first-order valence-corrected chi connectivity index (χ1v) is 9.79. The molecule has 0 radical (unpaired) electrons. The second-order valence-electron chi connectivity index (χ2n) is 6.48. The molecular weight excluding hydrogens is 470 g/mol. The minimum absolute atomic E-state index is 0.0259. The summed E-state index contributed by atoms with van der Waals surface area (Å²) in [6, 6.07) is 15.0. The van der Waals surface area contributed by atoms with Crippen molar-refractivity contribution in [1.82, 2.24) is 9.55 Å². The van der Waals surface area contributed by atoms with Crippen LogP contribution in [0.2, 0.25) is 0 Å². The van der Waals surface area contributed by atoms with Crippen LogP contribution in [0.3, 0.4) is 0 Å². The predicted octanol–water partition coefficient (Wildman–Crippen LogP) is 2.95. The number of hydrogen-bond donors (Lipinski definition) is 2. The van der Waals surface area contributed by atoms with E-state index < -0.39 is 18.0 Å². The van der Waals surface area contributed by atoms with Gasteiger partial charge in [-0.1, -0.05) is 28.1 Å². The van der Waals surface area contributed by atoms with Crippen LogP contribution in [0, 0.1) is 0 Å². The number of imidazole rings is 1. The molecule has 4 rings (SSSR count). The first kappa shape index (κ1) is 22.0. The summed E-state index contributed by atoms with van der Waals surface area (Å²) in [7, 11) is 1.63. The van der Waals surface area contributed by atoms with Crippen molar-refractivity contribution in [3.8, 4) is 5.75 Å². The average molecular weight is 488 g/mol. The summed E-state index contributed by atoms with van der Waals surface area (Å²) in [4.78, 5) is 37.5. The third-order valence-electron chi connectivity index (χ3n) is 4.60. The molecule has 0 aliphatic carbocycles. The van der Waals surface area contributed by atoms with Gasteiger partial charge in [-0.25, -0.2) is 14.6 Å². The number of nitrogens with zero attached hydrogens (tertiary/aromatic N) is 3. The van der Waals surface area contributed by atoms with E-state index in [2.05, 4.69) is 20.9 Å². The SMILES string of the molecule is COc1ccc(N2Cc3cncn3C(c3ccc(Br)cc3)C2=O)cc1.O=C(O)C(=O)O. The summed E-state index contributed by atoms with van der Waals surface area (Å²) in [5, 5.41) is 14.8. The zero-order chi connectivity index (χ0) is 22.5. The molecule has 1 aliphatic rings. The van der Waals surface area contributed by atoms with Gasteiger partial charge in [0.1, 0.15) is 11.8 Å². The number of aliphatic carboxylic acids is 2. The van der Waals surface area contributed by atoms with Gasteiger partial charge in [-0.3, -0.25) is 4.79 Å². The molecule has 3 aromatic rings. The Morgan fingerprint density at radius 2 is 1.68 bits per heavy atom. The molecule has 0 saturated heterocycles. The van der Waals surface area contributed by atoms with Gasteiger partial charge < -0.3 is 24.4 Å². The lowest BCUT2D eigenvalue weighted by Crippen LogP contribution is -2.42. The molecule has 1 unspecified atom stereocenters. The maximum Gasteiger partial charge on any atom is 0.414 e. The second-order valence-corrected chi connectivity index (χ2v) is 7.39. The highest BCUT2D eigenvalue weighted by atomic mass is 79.9. The fraction of sp³-hybridized carbons (Fsp3) is 0.143. The van der Waals surface area contributed by atoms with Gasteiger partial charge in [0.2, 0.25) is 0 Å². The highest BCUT2D eigenvalue weighted by Gasteiger charge is 2.34. The van der Waals surface area contributed by atoms with Crippen molar-refractivity contribution in [3.63, 3.8) is 0 Å². The molecule has 160 valence electrons. The Labute approximate surface area is 185 Å². The van der Waals surface area contributed by atoms with Gasteiger partial charge in [-0.2, -0.15) is 0 Å². The molecule has 0 spiro atoms. The number of benzene rings is 2. The lowest BCUT2D eigenvalue weighted by molar-refractivity contribution is -0.159. The summed E-state index contributed by atoms with van der Waals surface area (Å²) in [6.07, 6.45) is 3.54. The number of methoxy groups -OCH3 is 1.